The highest BCUT2D eigenvalue weighted by Gasteiger charge is 2.21. The average Bonchev–Trinajstić information content (AvgIpc) is 3.06. The smallest absolute Gasteiger partial charge is 0.321 e. The van der Waals surface area contributed by atoms with Crippen LogP contribution in [-0.2, 0) is 6.54 Å². The number of carbonyl (C=O) groups excluding carboxylic acids is 2. The van der Waals surface area contributed by atoms with Crippen LogP contribution in [0.5, 0.6) is 0 Å². The standard InChI is InChI=1S/C18H22N6O2/c1-23(2)16-13(5-4-8-19-16)12-21-17(25)22-14-6-3-7-15(11-14)24-10-9-20-18(24)26/h3-8,11H,9-10,12H2,1-2H3,(H,20,26)(H2,21,22,25). The lowest BCUT2D eigenvalue weighted by molar-refractivity contribution is 0.251. The lowest BCUT2D eigenvalue weighted by atomic mass is 10.2. The number of hydrogen-bond donors (Lipinski definition) is 3. The second-order valence-electron chi connectivity index (χ2n) is 6.12. The Hall–Kier alpha value is -3.29. The second kappa shape index (κ2) is 7.73. The van der Waals surface area contributed by atoms with Crippen LogP contribution in [0.15, 0.2) is 42.6 Å². The van der Waals surface area contributed by atoms with Crippen molar-refractivity contribution < 1.29 is 9.59 Å². The zero-order valence-electron chi connectivity index (χ0n) is 14.8. The Bertz CT molecular complexity index is 808. The van der Waals surface area contributed by atoms with Crippen LogP contribution in [0.1, 0.15) is 5.56 Å². The summed E-state index contributed by atoms with van der Waals surface area (Å²) >= 11 is 0. The number of urea groups is 2. The summed E-state index contributed by atoms with van der Waals surface area (Å²) in [6.07, 6.45) is 1.72. The van der Waals surface area contributed by atoms with Gasteiger partial charge in [-0.3, -0.25) is 4.90 Å². The third-order valence-electron chi connectivity index (χ3n) is 4.00. The number of pyridine rings is 1. The zero-order chi connectivity index (χ0) is 18.5. The number of hydrogen-bond acceptors (Lipinski definition) is 4. The van der Waals surface area contributed by atoms with E-state index in [0.29, 0.717) is 25.3 Å². The minimum Gasteiger partial charge on any atom is -0.362 e. The Balaban J connectivity index is 1.61. The normalized spacial score (nSPS) is 13.3. The van der Waals surface area contributed by atoms with Gasteiger partial charge in [0.25, 0.3) is 0 Å². The summed E-state index contributed by atoms with van der Waals surface area (Å²) in [4.78, 5) is 31.8. The topological polar surface area (TPSA) is 89.6 Å². The molecule has 0 radical (unpaired) electrons. The summed E-state index contributed by atoms with van der Waals surface area (Å²) in [7, 11) is 3.82. The zero-order valence-corrected chi connectivity index (χ0v) is 14.8. The molecule has 0 unspecified atom stereocenters. The number of nitrogens with zero attached hydrogens (tertiary/aromatic N) is 3. The van der Waals surface area contributed by atoms with Gasteiger partial charge < -0.3 is 20.9 Å². The molecule has 0 bridgehead atoms. The molecule has 1 aliphatic rings. The van der Waals surface area contributed by atoms with E-state index >= 15 is 0 Å². The summed E-state index contributed by atoms with van der Waals surface area (Å²) in [5.41, 5.74) is 2.30. The maximum atomic E-state index is 12.2. The minimum absolute atomic E-state index is 0.126. The summed E-state index contributed by atoms with van der Waals surface area (Å²) in [5, 5.41) is 8.39. The highest BCUT2D eigenvalue weighted by atomic mass is 16.2. The van der Waals surface area contributed by atoms with Crippen LogP contribution in [-0.4, -0.2) is 44.2 Å². The van der Waals surface area contributed by atoms with Crippen molar-refractivity contribution in [2.24, 2.45) is 0 Å². The first-order chi connectivity index (χ1) is 12.5. The predicted molar refractivity (Wildman–Crippen MR) is 102 cm³/mol. The van der Waals surface area contributed by atoms with Gasteiger partial charge in [-0.1, -0.05) is 12.1 Å². The lowest BCUT2D eigenvalue weighted by Crippen LogP contribution is -2.30. The molecular formula is C18H22N6O2. The van der Waals surface area contributed by atoms with Gasteiger partial charge in [0.05, 0.1) is 0 Å². The van der Waals surface area contributed by atoms with Gasteiger partial charge in [-0.25, -0.2) is 14.6 Å². The highest BCUT2D eigenvalue weighted by Crippen LogP contribution is 2.21. The number of carbonyl (C=O) groups is 2. The molecule has 1 aromatic heterocycles. The number of amides is 4. The molecule has 0 saturated carbocycles. The van der Waals surface area contributed by atoms with E-state index < -0.39 is 0 Å². The number of anilines is 3. The second-order valence-corrected chi connectivity index (χ2v) is 6.12. The molecule has 2 aromatic rings. The summed E-state index contributed by atoms with van der Waals surface area (Å²) in [6, 6.07) is 10.5. The van der Waals surface area contributed by atoms with Crippen LogP contribution in [0.4, 0.5) is 26.8 Å². The van der Waals surface area contributed by atoms with Crippen LogP contribution in [0.2, 0.25) is 0 Å². The van der Waals surface area contributed by atoms with E-state index in [1.165, 1.54) is 0 Å². The predicted octanol–water partition coefficient (Wildman–Crippen LogP) is 2.00. The highest BCUT2D eigenvalue weighted by molar-refractivity contribution is 5.95. The van der Waals surface area contributed by atoms with Crippen molar-refractivity contribution in [1.82, 2.24) is 15.6 Å². The molecule has 0 atom stereocenters. The molecule has 0 aliphatic carbocycles. The average molecular weight is 354 g/mol. The molecule has 4 amide bonds. The number of nitrogens with one attached hydrogen (secondary N) is 3. The van der Waals surface area contributed by atoms with E-state index in [4.69, 9.17) is 0 Å². The SMILES string of the molecule is CN(C)c1ncccc1CNC(=O)Nc1cccc(N2CCNC2=O)c1. The lowest BCUT2D eigenvalue weighted by Gasteiger charge is -2.17. The molecule has 1 fully saturated rings. The van der Waals surface area contributed by atoms with Gasteiger partial charge in [-0.15, -0.1) is 0 Å². The van der Waals surface area contributed by atoms with E-state index in [1.54, 1.807) is 23.2 Å². The van der Waals surface area contributed by atoms with Crippen LogP contribution in [0.3, 0.4) is 0 Å². The van der Waals surface area contributed by atoms with E-state index in [1.807, 2.05) is 43.3 Å². The summed E-state index contributed by atoms with van der Waals surface area (Å²) in [6.45, 7) is 1.60. The fourth-order valence-corrected chi connectivity index (χ4v) is 2.79. The van der Waals surface area contributed by atoms with Crippen molar-refractivity contribution in [1.29, 1.82) is 0 Å². The van der Waals surface area contributed by atoms with Gasteiger partial charge in [0, 0.05) is 56.9 Å². The largest absolute Gasteiger partial charge is 0.362 e. The van der Waals surface area contributed by atoms with Crippen molar-refractivity contribution in [3.8, 4) is 0 Å². The van der Waals surface area contributed by atoms with Crippen molar-refractivity contribution in [3.05, 3.63) is 48.2 Å². The Morgan fingerprint density at radius 2 is 2.15 bits per heavy atom. The van der Waals surface area contributed by atoms with Gasteiger partial charge in [-0.05, 0) is 24.3 Å². The van der Waals surface area contributed by atoms with Gasteiger partial charge in [-0.2, -0.15) is 0 Å². The van der Waals surface area contributed by atoms with Crippen molar-refractivity contribution in [2.75, 3.05) is 42.3 Å². The first-order valence-electron chi connectivity index (χ1n) is 8.36. The molecule has 1 aromatic carbocycles. The van der Waals surface area contributed by atoms with Crippen molar-refractivity contribution in [2.45, 2.75) is 6.54 Å². The van der Waals surface area contributed by atoms with E-state index in [0.717, 1.165) is 17.1 Å². The quantitative estimate of drug-likeness (QED) is 0.766. The molecular weight excluding hydrogens is 332 g/mol. The maximum Gasteiger partial charge on any atom is 0.321 e. The minimum atomic E-state index is -0.318. The fraction of sp³-hybridized carbons (Fsp3) is 0.278. The van der Waals surface area contributed by atoms with E-state index in [9.17, 15) is 9.59 Å². The van der Waals surface area contributed by atoms with Crippen molar-refractivity contribution in [3.63, 3.8) is 0 Å². The first-order valence-corrected chi connectivity index (χ1v) is 8.36. The molecule has 136 valence electrons. The van der Waals surface area contributed by atoms with E-state index in [-0.39, 0.29) is 12.1 Å². The monoisotopic (exact) mass is 354 g/mol. The summed E-state index contributed by atoms with van der Waals surface area (Å²) < 4.78 is 0. The van der Waals surface area contributed by atoms with Gasteiger partial charge in [0.2, 0.25) is 0 Å². The van der Waals surface area contributed by atoms with Gasteiger partial charge >= 0.3 is 12.1 Å². The Kier molecular flexibility index (Phi) is 5.21. The van der Waals surface area contributed by atoms with Gasteiger partial charge in [0.1, 0.15) is 5.82 Å². The molecule has 0 spiro atoms. The van der Waals surface area contributed by atoms with Crippen LogP contribution >= 0.6 is 0 Å². The molecule has 2 heterocycles. The Labute approximate surface area is 152 Å². The molecule has 3 N–H and O–H groups in total. The summed E-state index contributed by atoms with van der Waals surface area (Å²) in [5.74, 6) is 0.815. The molecule has 1 aliphatic heterocycles. The molecule has 1 saturated heterocycles. The third kappa shape index (κ3) is 4.02. The molecule has 8 heteroatoms. The van der Waals surface area contributed by atoms with Crippen LogP contribution in [0.25, 0.3) is 0 Å². The maximum absolute atomic E-state index is 12.2. The van der Waals surface area contributed by atoms with Gasteiger partial charge in [0.15, 0.2) is 0 Å². The fourth-order valence-electron chi connectivity index (χ4n) is 2.79. The number of rotatable bonds is 5. The third-order valence-corrected chi connectivity index (χ3v) is 4.00. The van der Waals surface area contributed by atoms with Crippen LogP contribution in [0, 0.1) is 0 Å². The Morgan fingerprint density at radius 3 is 2.88 bits per heavy atom. The van der Waals surface area contributed by atoms with Crippen LogP contribution < -0.4 is 25.8 Å². The number of aromatic nitrogens is 1. The van der Waals surface area contributed by atoms with E-state index in [2.05, 4.69) is 20.9 Å². The Morgan fingerprint density at radius 1 is 1.31 bits per heavy atom. The molecule has 8 nitrogen and oxygen atoms in total. The number of benzene rings is 1. The first kappa shape index (κ1) is 17.5. The molecule has 26 heavy (non-hydrogen) atoms. The molecule has 3 rings (SSSR count). The van der Waals surface area contributed by atoms with Crippen molar-refractivity contribution >= 4 is 29.3 Å².